The van der Waals surface area contributed by atoms with Gasteiger partial charge in [0.2, 0.25) is 11.8 Å². The zero-order valence-electron chi connectivity index (χ0n) is 9.68. The number of benzene rings is 2. The van der Waals surface area contributed by atoms with E-state index < -0.39 is 0 Å². The van der Waals surface area contributed by atoms with Crippen molar-refractivity contribution in [1.82, 2.24) is 10.2 Å². The molecule has 0 aliphatic heterocycles. The molecule has 0 fully saturated rings. The molecule has 2 aromatic carbocycles. The molecule has 0 saturated heterocycles. The van der Waals surface area contributed by atoms with Crippen molar-refractivity contribution in [2.24, 2.45) is 0 Å². The number of hydrogen-bond donors (Lipinski definition) is 0. The van der Waals surface area contributed by atoms with E-state index in [9.17, 15) is 0 Å². The molecule has 94 valence electrons. The molecule has 0 aliphatic carbocycles. The summed E-state index contributed by atoms with van der Waals surface area (Å²) in [5.74, 6) is 0.983. The van der Waals surface area contributed by atoms with Crippen LogP contribution in [0.15, 0.2) is 52.9 Å². The Kier molecular flexibility index (Phi) is 3.52. The maximum atomic E-state index is 5.95. The summed E-state index contributed by atoms with van der Waals surface area (Å²) in [6.07, 6.45) is 0. The maximum Gasteiger partial charge on any atom is 0.249 e. The maximum absolute atomic E-state index is 5.95. The number of aromatic nitrogens is 2. The lowest BCUT2D eigenvalue weighted by Crippen LogP contribution is -1.81. The Morgan fingerprint density at radius 1 is 0.947 bits per heavy atom. The van der Waals surface area contributed by atoms with Crippen molar-refractivity contribution in [3.05, 3.63) is 57.1 Å². The van der Waals surface area contributed by atoms with Gasteiger partial charge in [-0.3, -0.25) is 0 Å². The van der Waals surface area contributed by atoms with E-state index >= 15 is 0 Å². The van der Waals surface area contributed by atoms with Gasteiger partial charge in [-0.1, -0.05) is 29.8 Å². The molecule has 3 rings (SSSR count). The summed E-state index contributed by atoms with van der Waals surface area (Å²) in [6, 6.07) is 15.2. The molecule has 1 heterocycles. The number of halogens is 2. The summed E-state index contributed by atoms with van der Waals surface area (Å²) in [5, 5.41) is 8.80. The van der Waals surface area contributed by atoms with Gasteiger partial charge in [-0.2, -0.15) is 0 Å². The first-order chi connectivity index (χ1) is 9.24. The first kappa shape index (κ1) is 12.6. The van der Waals surface area contributed by atoms with E-state index in [1.165, 1.54) is 0 Å². The highest BCUT2D eigenvalue weighted by Gasteiger charge is 2.12. The summed E-state index contributed by atoms with van der Waals surface area (Å²) < 4.78 is 6.78. The molecule has 0 amide bonds. The monoisotopic (exact) mass is 382 g/mol. The topological polar surface area (TPSA) is 38.9 Å². The van der Waals surface area contributed by atoms with Gasteiger partial charge in [0.25, 0.3) is 0 Å². The van der Waals surface area contributed by atoms with E-state index in [1.54, 1.807) is 6.07 Å². The SMILES string of the molecule is Clc1cccc(-c2nnc(-c3ccccc3I)o2)c1. The second-order valence-corrected chi connectivity index (χ2v) is 5.50. The second kappa shape index (κ2) is 5.30. The molecule has 0 aliphatic rings. The predicted molar refractivity (Wildman–Crippen MR) is 82.9 cm³/mol. The van der Waals surface area contributed by atoms with E-state index in [0.717, 1.165) is 14.7 Å². The third kappa shape index (κ3) is 2.64. The van der Waals surface area contributed by atoms with Gasteiger partial charge in [-0.25, -0.2) is 0 Å². The molecule has 0 atom stereocenters. The van der Waals surface area contributed by atoms with Crippen LogP contribution in [0.4, 0.5) is 0 Å². The highest BCUT2D eigenvalue weighted by molar-refractivity contribution is 14.1. The molecule has 0 bridgehead atoms. The van der Waals surface area contributed by atoms with Crippen LogP contribution in [-0.4, -0.2) is 10.2 Å². The van der Waals surface area contributed by atoms with Crippen LogP contribution in [0.5, 0.6) is 0 Å². The van der Waals surface area contributed by atoms with E-state index in [1.807, 2.05) is 42.5 Å². The average molecular weight is 383 g/mol. The molecular weight excluding hydrogens is 375 g/mol. The third-order valence-corrected chi connectivity index (χ3v) is 3.78. The first-order valence-electron chi connectivity index (χ1n) is 5.58. The third-order valence-electron chi connectivity index (χ3n) is 2.60. The lowest BCUT2D eigenvalue weighted by Gasteiger charge is -1.98. The van der Waals surface area contributed by atoms with Crippen molar-refractivity contribution in [2.75, 3.05) is 0 Å². The van der Waals surface area contributed by atoms with Crippen LogP contribution >= 0.6 is 34.2 Å². The molecule has 3 nitrogen and oxygen atoms in total. The normalized spacial score (nSPS) is 10.6. The van der Waals surface area contributed by atoms with Crippen molar-refractivity contribution in [3.63, 3.8) is 0 Å². The molecule has 5 heteroatoms. The molecular formula is C14H8ClIN2O. The Morgan fingerprint density at radius 2 is 1.74 bits per heavy atom. The molecule has 3 aromatic rings. The number of rotatable bonds is 2. The van der Waals surface area contributed by atoms with E-state index in [2.05, 4.69) is 32.8 Å². The number of hydrogen-bond acceptors (Lipinski definition) is 3. The fraction of sp³-hybridized carbons (Fsp3) is 0. The van der Waals surface area contributed by atoms with Gasteiger partial charge in [0.1, 0.15) is 0 Å². The van der Waals surface area contributed by atoms with Crippen LogP contribution in [0.1, 0.15) is 0 Å². The molecule has 0 saturated carbocycles. The molecule has 1 aromatic heterocycles. The fourth-order valence-electron chi connectivity index (χ4n) is 1.70. The zero-order valence-corrected chi connectivity index (χ0v) is 12.6. The van der Waals surface area contributed by atoms with Crippen LogP contribution in [0.2, 0.25) is 5.02 Å². The van der Waals surface area contributed by atoms with Crippen LogP contribution in [0.3, 0.4) is 0 Å². The minimum Gasteiger partial charge on any atom is -0.416 e. The highest BCUT2D eigenvalue weighted by atomic mass is 127. The summed E-state index contributed by atoms with van der Waals surface area (Å²) in [7, 11) is 0. The Balaban J connectivity index is 2.03. The summed E-state index contributed by atoms with van der Waals surface area (Å²) in [6.45, 7) is 0. The van der Waals surface area contributed by atoms with E-state index in [4.69, 9.17) is 16.0 Å². The minimum atomic E-state index is 0.470. The molecule has 0 unspecified atom stereocenters. The molecule has 0 radical (unpaired) electrons. The van der Waals surface area contributed by atoms with Crippen LogP contribution in [0, 0.1) is 3.57 Å². The minimum absolute atomic E-state index is 0.470. The standard InChI is InChI=1S/C14H8ClIN2O/c15-10-5-3-4-9(8-10)13-17-18-14(19-13)11-6-1-2-7-12(11)16/h1-8H. The van der Waals surface area contributed by atoms with Crippen LogP contribution < -0.4 is 0 Å². The van der Waals surface area contributed by atoms with Crippen molar-refractivity contribution in [3.8, 4) is 22.9 Å². The lowest BCUT2D eigenvalue weighted by atomic mass is 10.2. The van der Waals surface area contributed by atoms with E-state index in [-0.39, 0.29) is 0 Å². The number of nitrogens with zero attached hydrogens (tertiary/aromatic N) is 2. The molecule has 0 N–H and O–H groups in total. The van der Waals surface area contributed by atoms with E-state index in [0.29, 0.717) is 16.8 Å². The van der Waals surface area contributed by atoms with Crippen molar-refractivity contribution >= 4 is 34.2 Å². The summed E-state index contributed by atoms with van der Waals surface area (Å²) in [4.78, 5) is 0. The fourth-order valence-corrected chi connectivity index (χ4v) is 2.51. The Morgan fingerprint density at radius 3 is 2.53 bits per heavy atom. The molecule has 0 spiro atoms. The van der Waals surface area contributed by atoms with Gasteiger partial charge in [-0.05, 0) is 52.9 Å². The molecule has 19 heavy (non-hydrogen) atoms. The Hall–Kier alpha value is -1.40. The van der Waals surface area contributed by atoms with Gasteiger partial charge >= 0.3 is 0 Å². The Bertz CT molecular complexity index is 727. The summed E-state index contributed by atoms with van der Waals surface area (Å²) in [5.41, 5.74) is 1.75. The van der Waals surface area contributed by atoms with Crippen molar-refractivity contribution in [2.45, 2.75) is 0 Å². The zero-order chi connectivity index (χ0) is 13.2. The quantitative estimate of drug-likeness (QED) is 0.605. The van der Waals surface area contributed by atoms with Gasteiger partial charge < -0.3 is 4.42 Å². The van der Waals surface area contributed by atoms with Gasteiger partial charge in [0.05, 0.1) is 5.56 Å². The smallest absolute Gasteiger partial charge is 0.249 e. The van der Waals surface area contributed by atoms with Gasteiger partial charge in [0.15, 0.2) is 0 Å². The highest BCUT2D eigenvalue weighted by Crippen LogP contribution is 2.28. The van der Waals surface area contributed by atoms with Crippen molar-refractivity contribution < 1.29 is 4.42 Å². The summed E-state index contributed by atoms with van der Waals surface area (Å²) >= 11 is 8.20. The van der Waals surface area contributed by atoms with Crippen LogP contribution in [0.25, 0.3) is 22.9 Å². The van der Waals surface area contributed by atoms with Crippen molar-refractivity contribution in [1.29, 1.82) is 0 Å². The largest absolute Gasteiger partial charge is 0.416 e. The predicted octanol–water partition coefficient (Wildman–Crippen LogP) is 4.66. The second-order valence-electron chi connectivity index (χ2n) is 3.90. The Labute approximate surface area is 128 Å². The first-order valence-corrected chi connectivity index (χ1v) is 7.04. The van der Waals surface area contributed by atoms with Crippen LogP contribution in [-0.2, 0) is 0 Å². The average Bonchev–Trinajstić information content (AvgIpc) is 2.89. The lowest BCUT2D eigenvalue weighted by molar-refractivity contribution is 0.584. The van der Waals surface area contributed by atoms with Gasteiger partial charge in [0, 0.05) is 14.2 Å². The van der Waals surface area contributed by atoms with Gasteiger partial charge in [-0.15, -0.1) is 10.2 Å².